The number of nitrogens with two attached hydrogens (primary N) is 1. The third kappa shape index (κ3) is 9.48. The summed E-state index contributed by atoms with van der Waals surface area (Å²) in [5.74, 6) is -0.224. The average molecular weight is 629 g/mol. The van der Waals surface area contributed by atoms with Gasteiger partial charge in [0.25, 0.3) is 10.0 Å². The Labute approximate surface area is 267 Å². The number of para-hydroxylation sites is 1. The Morgan fingerprint density at radius 3 is 2.29 bits per heavy atom. The molecule has 0 bridgehead atoms. The number of hydrogen-bond acceptors (Lipinski definition) is 6. The quantitative estimate of drug-likeness (QED) is 0.131. The molecule has 4 N–H and O–H groups in total. The number of aliphatic hydroxyl groups excluding tert-OH is 1. The van der Waals surface area contributed by atoms with E-state index in [1.54, 1.807) is 72.4 Å². The predicted octanol–water partition coefficient (Wildman–Crippen LogP) is 5.19. The average Bonchev–Trinajstić information content (AvgIpc) is 3.02. The minimum Gasteiger partial charge on any atom is -0.376 e. The number of nitrogens with one attached hydrogen (secondary N) is 1. The monoisotopic (exact) mass is 628 g/mol. The van der Waals surface area contributed by atoms with Crippen molar-refractivity contribution in [2.24, 2.45) is 5.73 Å². The molecule has 45 heavy (non-hydrogen) atoms. The zero-order chi connectivity index (χ0) is 32.6. The fraction of sp³-hybridized carbons (Fsp3) is 0.306. The van der Waals surface area contributed by atoms with Crippen LogP contribution in [-0.4, -0.2) is 67.7 Å². The molecule has 0 aliphatic carbocycles. The molecule has 2 atom stereocenters. The number of amides is 1. The normalized spacial score (nSPS) is 13.7. The highest BCUT2D eigenvalue weighted by atomic mass is 32.2. The summed E-state index contributed by atoms with van der Waals surface area (Å²) in [4.78, 5) is 16.8. The van der Waals surface area contributed by atoms with E-state index in [1.165, 1.54) is 6.08 Å². The summed E-state index contributed by atoms with van der Waals surface area (Å²) in [6, 6.07) is 29.2. The third-order valence-corrected chi connectivity index (χ3v) is 9.23. The first-order valence-electron chi connectivity index (χ1n) is 15.1. The Kier molecular flexibility index (Phi) is 11.2. The molecule has 0 aliphatic heterocycles. The van der Waals surface area contributed by atoms with Crippen LogP contribution in [0, 0.1) is 0 Å². The van der Waals surface area contributed by atoms with Gasteiger partial charge in [0.05, 0.1) is 16.6 Å². The van der Waals surface area contributed by atoms with Gasteiger partial charge in [-0.3, -0.25) is 14.4 Å². The summed E-state index contributed by atoms with van der Waals surface area (Å²) in [5.41, 5.74) is 7.92. The van der Waals surface area contributed by atoms with Gasteiger partial charge in [0.15, 0.2) is 0 Å². The van der Waals surface area contributed by atoms with Crippen molar-refractivity contribution in [2.45, 2.75) is 55.8 Å². The highest BCUT2D eigenvalue weighted by Crippen LogP contribution is 2.23. The summed E-state index contributed by atoms with van der Waals surface area (Å²) < 4.78 is 28.7. The molecule has 8 nitrogen and oxygen atoms in total. The van der Waals surface area contributed by atoms with Crippen molar-refractivity contribution in [3.63, 3.8) is 0 Å². The first-order valence-corrected chi connectivity index (χ1v) is 16.6. The number of benzene rings is 4. The smallest absolute Gasteiger partial charge is 0.261 e. The zero-order valence-electron chi connectivity index (χ0n) is 26.4. The second-order valence-corrected chi connectivity index (χ2v) is 13.9. The number of rotatable bonds is 14. The molecule has 4 aromatic carbocycles. The van der Waals surface area contributed by atoms with Gasteiger partial charge in [-0.05, 0) is 86.3 Å². The van der Waals surface area contributed by atoms with E-state index in [4.69, 9.17) is 5.73 Å². The summed E-state index contributed by atoms with van der Waals surface area (Å²) in [7, 11) is -0.253. The highest BCUT2D eigenvalue weighted by Gasteiger charge is 2.29. The Bertz CT molecular complexity index is 1720. The van der Waals surface area contributed by atoms with E-state index in [2.05, 4.69) is 22.9 Å². The van der Waals surface area contributed by atoms with Crippen molar-refractivity contribution in [1.82, 2.24) is 9.80 Å². The van der Waals surface area contributed by atoms with Gasteiger partial charge < -0.3 is 15.7 Å². The van der Waals surface area contributed by atoms with Gasteiger partial charge in [0, 0.05) is 19.1 Å². The summed E-state index contributed by atoms with van der Waals surface area (Å²) in [6.45, 7) is 4.22. The second kappa shape index (κ2) is 14.8. The lowest BCUT2D eigenvalue weighted by Crippen LogP contribution is -2.52. The zero-order valence-corrected chi connectivity index (χ0v) is 27.2. The summed E-state index contributed by atoms with van der Waals surface area (Å²) in [5, 5.41) is 13.9. The van der Waals surface area contributed by atoms with Crippen molar-refractivity contribution in [1.29, 1.82) is 0 Å². The van der Waals surface area contributed by atoms with Crippen molar-refractivity contribution in [3.8, 4) is 0 Å². The Morgan fingerprint density at radius 2 is 1.58 bits per heavy atom. The number of hydrogen-bond donors (Lipinski definition) is 3. The number of aliphatic hydroxyl groups is 1. The molecule has 4 aromatic rings. The van der Waals surface area contributed by atoms with Crippen molar-refractivity contribution < 1.29 is 18.3 Å². The van der Waals surface area contributed by atoms with Crippen LogP contribution >= 0.6 is 0 Å². The van der Waals surface area contributed by atoms with Gasteiger partial charge in [-0.2, -0.15) is 0 Å². The molecule has 1 amide bonds. The van der Waals surface area contributed by atoms with Gasteiger partial charge in [-0.15, -0.1) is 0 Å². The number of likely N-dealkylation sites (N-methyl/N-ethyl adjacent to an activating group) is 2. The number of nitrogens with zero attached hydrogens (tertiary/aromatic N) is 2. The SMILES string of the molecule is CN(CCc1ccccc1NS(=O)(=O)c1ccccc1)C(O)[C@@H](Cc1ccc2ccccc2c1)N(C)C(=O)/C=C/CC(C)(C)N. The lowest BCUT2D eigenvalue weighted by molar-refractivity contribution is -0.132. The largest absolute Gasteiger partial charge is 0.376 e. The highest BCUT2D eigenvalue weighted by molar-refractivity contribution is 7.92. The molecule has 0 fully saturated rings. The van der Waals surface area contributed by atoms with Gasteiger partial charge in [0.1, 0.15) is 6.23 Å². The molecule has 0 radical (unpaired) electrons. The van der Waals surface area contributed by atoms with Crippen molar-refractivity contribution in [3.05, 3.63) is 120 Å². The van der Waals surface area contributed by atoms with Crippen LogP contribution in [0.3, 0.4) is 0 Å². The van der Waals surface area contributed by atoms with Crippen LogP contribution in [0.15, 0.2) is 114 Å². The molecule has 9 heteroatoms. The molecule has 0 heterocycles. The molecular weight excluding hydrogens is 584 g/mol. The van der Waals surface area contributed by atoms with E-state index in [1.807, 2.05) is 50.2 Å². The van der Waals surface area contributed by atoms with E-state index in [0.29, 0.717) is 31.5 Å². The summed E-state index contributed by atoms with van der Waals surface area (Å²) in [6.07, 6.45) is 3.73. The van der Waals surface area contributed by atoms with E-state index in [9.17, 15) is 18.3 Å². The molecule has 238 valence electrons. The maximum atomic E-state index is 13.3. The van der Waals surface area contributed by atoms with Crippen LogP contribution in [0.4, 0.5) is 5.69 Å². The lowest BCUT2D eigenvalue weighted by atomic mass is 9.99. The molecule has 0 aromatic heterocycles. The molecule has 0 spiro atoms. The molecule has 0 saturated heterocycles. The Balaban J connectivity index is 1.52. The maximum Gasteiger partial charge on any atom is 0.261 e. The first-order chi connectivity index (χ1) is 21.3. The van der Waals surface area contributed by atoms with Crippen molar-refractivity contribution in [2.75, 3.05) is 25.4 Å². The number of anilines is 1. The van der Waals surface area contributed by atoms with Crippen LogP contribution in [0.2, 0.25) is 0 Å². The predicted molar refractivity (Wildman–Crippen MR) is 182 cm³/mol. The van der Waals surface area contributed by atoms with E-state index < -0.39 is 27.8 Å². The molecule has 1 unspecified atom stereocenters. The number of fused-ring (bicyclic) bond motifs is 1. The van der Waals surface area contributed by atoms with Crippen LogP contribution in [0.5, 0.6) is 0 Å². The minimum absolute atomic E-state index is 0.181. The minimum atomic E-state index is -3.76. The standard InChI is InChI=1S/C36H44N4O4S/c1-36(2,37)23-12-19-34(41)40(4)33(26-27-20-21-28-13-8-9-15-30(28)25-27)35(42)39(3)24-22-29-14-10-11-18-32(29)38-45(43,44)31-16-6-5-7-17-31/h5-21,25,33,35,38,42H,22-24,26,37H2,1-4H3/b19-12+/t33-,35?/m1/s1. The van der Waals surface area contributed by atoms with Crippen LogP contribution in [-0.2, 0) is 27.7 Å². The third-order valence-electron chi connectivity index (χ3n) is 7.85. The topological polar surface area (TPSA) is 116 Å². The maximum absolute atomic E-state index is 13.3. The fourth-order valence-electron chi connectivity index (χ4n) is 5.16. The Hall–Kier alpha value is -4.02. The first kappa shape index (κ1) is 33.9. The van der Waals surface area contributed by atoms with Gasteiger partial charge in [-0.25, -0.2) is 8.42 Å². The summed E-state index contributed by atoms with van der Waals surface area (Å²) >= 11 is 0. The van der Waals surface area contributed by atoms with E-state index >= 15 is 0 Å². The molecule has 0 saturated carbocycles. The van der Waals surface area contributed by atoms with Gasteiger partial charge in [0.2, 0.25) is 5.91 Å². The van der Waals surface area contributed by atoms with Crippen LogP contribution in [0.1, 0.15) is 31.4 Å². The fourth-order valence-corrected chi connectivity index (χ4v) is 6.28. The second-order valence-electron chi connectivity index (χ2n) is 12.2. The number of sulfonamides is 1. The van der Waals surface area contributed by atoms with Crippen LogP contribution < -0.4 is 10.5 Å². The number of carbonyl (C=O) groups is 1. The van der Waals surface area contributed by atoms with E-state index in [0.717, 1.165) is 21.9 Å². The number of carbonyl (C=O) groups excluding carboxylic acids is 1. The van der Waals surface area contributed by atoms with Gasteiger partial charge >= 0.3 is 0 Å². The van der Waals surface area contributed by atoms with Gasteiger partial charge in [-0.1, -0.05) is 84.9 Å². The molecular formula is C36H44N4O4S. The van der Waals surface area contributed by atoms with Crippen LogP contribution in [0.25, 0.3) is 10.8 Å². The lowest BCUT2D eigenvalue weighted by Gasteiger charge is -2.36. The molecule has 4 rings (SSSR count). The van der Waals surface area contributed by atoms with Crippen molar-refractivity contribution >= 4 is 32.4 Å². The molecule has 0 aliphatic rings. The van der Waals surface area contributed by atoms with E-state index in [-0.39, 0.29) is 10.8 Å². The Morgan fingerprint density at radius 1 is 0.933 bits per heavy atom.